The third-order valence-electron chi connectivity index (χ3n) is 3.61. The molecule has 4 nitrogen and oxygen atoms in total. The smallest absolute Gasteiger partial charge is 0.256 e. The second-order valence-electron chi connectivity index (χ2n) is 6.30. The number of carbonyl (C=O) groups excluding carboxylic acids is 1. The van der Waals surface area contributed by atoms with Crippen LogP contribution in [-0.4, -0.2) is 18.2 Å². The lowest BCUT2D eigenvalue weighted by molar-refractivity contribution is -0.119. The minimum atomic E-state index is -0.195. The maximum absolute atomic E-state index is 12.7. The van der Waals surface area contributed by atoms with Gasteiger partial charge in [0.05, 0.1) is 17.3 Å². The molecular weight excluding hydrogens is 250 g/mol. The summed E-state index contributed by atoms with van der Waals surface area (Å²) in [4.78, 5) is 12.7. The fraction of sp³-hybridized carbons (Fsp3) is 0.500. The summed E-state index contributed by atoms with van der Waals surface area (Å²) in [6.07, 6.45) is 0.650. The molecule has 1 amide bonds. The SMILES string of the molecule is Cc1ccccc1N1N=C(C(C)(C)C)C(CCN)C1=O. The summed E-state index contributed by atoms with van der Waals surface area (Å²) in [5.74, 6) is -0.158. The Labute approximate surface area is 120 Å². The predicted octanol–water partition coefficient (Wildman–Crippen LogP) is 2.71. The first kappa shape index (κ1) is 14.7. The van der Waals surface area contributed by atoms with Gasteiger partial charge in [0.2, 0.25) is 0 Å². The van der Waals surface area contributed by atoms with E-state index in [9.17, 15) is 4.79 Å². The third kappa shape index (κ3) is 2.61. The van der Waals surface area contributed by atoms with Crippen LogP contribution in [0.3, 0.4) is 0 Å². The molecule has 1 unspecified atom stereocenters. The Kier molecular flexibility index (Phi) is 3.95. The van der Waals surface area contributed by atoms with Crippen LogP contribution in [-0.2, 0) is 4.79 Å². The number of amides is 1. The zero-order chi connectivity index (χ0) is 14.9. The number of para-hydroxylation sites is 1. The molecule has 108 valence electrons. The fourth-order valence-corrected chi connectivity index (χ4v) is 2.56. The molecule has 1 aliphatic rings. The number of anilines is 1. The molecule has 4 heteroatoms. The van der Waals surface area contributed by atoms with E-state index in [1.165, 1.54) is 0 Å². The van der Waals surface area contributed by atoms with Gasteiger partial charge in [-0.2, -0.15) is 10.1 Å². The van der Waals surface area contributed by atoms with Gasteiger partial charge in [-0.25, -0.2) is 0 Å². The van der Waals surface area contributed by atoms with E-state index < -0.39 is 0 Å². The molecular formula is C16H23N3O. The summed E-state index contributed by atoms with van der Waals surface area (Å²) in [6.45, 7) is 8.75. The van der Waals surface area contributed by atoms with Crippen molar-refractivity contribution in [3.63, 3.8) is 0 Å². The van der Waals surface area contributed by atoms with Crippen LogP contribution in [0.4, 0.5) is 5.69 Å². The van der Waals surface area contributed by atoms with Crippen LogP contribution >= 0.6 is 0 Å². The van der Waals surface area contributed by atoms with E-state index in [0.717, 1.165) is 17.0 Å². The largest absolute Gasteiger partial charge is 0.330 e. The highest BCUT2D eigenvalue weighted by Gasteiger charge is 2.41. The molecule has 1 aliphatic heterocycles. The maximum atomic E-state index is 12.7. The van der Waals surface area contributed by atoms with Crippen LogP contribution in [0.25, 0.3) is 0 Å². The lowest BCUT2D eigenvalue weighted by Crippen LogP contribution is -2.33. The topological polar surface area (TPSA) is 58.7 Å². The molecule has 1 aromatic carbocycles. The summed E-state index contributed by atoms with van der Waals surface area (Å²) in [5.41, 5.74) is 8.37. The summed E-state index contributed by atoms with van der Waals surface area (Å²) < 4.78 is 0. The van der Waals surface area contributed by atoms with Gasteiger partial charge in [0.1, 0.15) is 0 Å². The van der Waals surface area contributed by atoms with Gasteiger partial charge in [-0.1, -0.05) is 39.0 Å². The highest BCUT2D eigenvalue weighted by Crippen LogP contribution is 2.34. The summed E-state index contributed by atoms with van der Waals surface area (Å²) in [5, 5.41) is 6.17. The zero-order valence-electron chi connectivity index (χ0n) is 12.7. The molecule has 0 fully saturated rings. The fourth-order valence-electron chi connectivity index (χ4n) is 2.56. The number of carbonyl (C=O) groups is 1. The van der Waals surface area contributed by atoms with Gasteiger partial charge >= 0.3 is 0 Å². The normalized spacial score (nSPS) is 19.4. The Morgan fingerprint density at radius 1 is 1.30 bits per heavy atom. The van der Waals surface area contributed by atoms with Crippen LogP contribution in [0.5, 0.6) is 0 Å². The van der Waals surface area contributed by atoms with E-state index in [1.807, 2.05) is 31.2 Å². The number of nitrogens with zero attached hydrogens (tertiary/aromatic N) is 2. The molecule has 0 spiro atoms. The molecule has 2 rings (SSSR count). The first-order valence-corrected chi connectivity index (χ1v) is 7.05. The highest BCUT2D eigenvalue weighted by atomic mass is 16.2. The average Bonchev–Trinajstić information content (AvgIpc) is 2.68. The predicted molar refractivity (Wildman–Crippen MR) is 82.7 cm³/mol. The van der Waals surface area contributed by atoms with Crippen LogP contribution in [0.15, 0.2) is 29.4 Å². The average molecular weight is 273 g/mol. The molecule has 1 heterocycles. The Balaban J connectivity index is 2.44. The molecule has 0 saturated heterocycles. The van der Waals surface area contributed by atoms with Crippen LogP contribution in [0, 0.1) is 18.3 Å². The maximum Gasteiger partial charge on any atom is 0.256 e. The van der Waals surface area contributed by atoms with Crippen molar-refractivity contribution in [2.75, 3.05) is 11.6 Å². The van der Waals surface area contributed by atoms with Crippen molar-refractivity contribution in [3.8, 4) is 0 Å². The van der Waals surface area contributed by atoms with Crippen molar-refractivity contribution in [2.24, 2.45) is 22.2 Å². The summed E-state index contributed by atoms with van der Waals surface area (Å²) >= 11 is 0. The van der Waals surface area contributed by atoms with Gasteiger partial charge in [-0.3, -0.25) is 4.79 Å². The van der Waals surface area contributed by atoms with E-state index in [1.54, 1.807) is 5.01 Å². The number of aryl methyl sites for hydroxylation is 1. The number of rotatable bonds is 3. The van der Waals surface area contributed by atoms with Gasteiger partial charge < -0.3 is 5.73 Å². The van der Waals surface area contributed by atoms with Gasteiger partial charge in [0, 0.05) is 5.41 Å². The van der Waals surface area contributed by atoms with Crippen molar-refractivity contribution in [3.05, 3.63) is 29.8 Å². The van der Waals surface area contributed by atoms with Gasteiger partial charge in [0.15, 0.2) is 0 Å². The minimum absolute atomic E-state index is 0.0367. The molecule has 0 saturated carbocycles. The lowest BCUT2D eigenvalue weighted by atomic mass is 9.81. The van der Waals surface area contributed by atoms with Crippen molar-refractivity contribution < 1.29 is 4.79 Å². The number of hydrazone groups is 1. The van der Waals surface area contributed by atoms with E-state index >= 15 is 0 Å². The molecule has 0 aromatic heterocycles. The molecule has 20 heavy (non-hydrogen) atoms. The standard InChI is InChI=1S/C16H23N3O/c1-11-7-5-6-8-13(11)19-15(20)12(9-10-17)14(18-19)16(2,3)4/h5-8,12H,9-10,17H2,1-4H3. The number of nitrogens with two attached hydrogens (primary N) is 1. The van der Waals surface area contributed by atoms with Gasteiger partial charge in [0.25, 0.3) is 5.91 Å². The minimum Gasteiger partial charge on any atom is -0.330 e. The first-order valence-electron chi connectivity index (χ1n) is 7.05. The van der Waals surface area contributed by atoms with Crippen molar-refractivity contribution in [1.29, 1.82) is 0 Å². The Morgan fingerprint density at radius 3 is 2.50 bits per heavy atom. The summed E-state index contributed by atoms with van der Waals surface area (Å²) in [6, 6.07) is 7.82. The quantitative estimate of drug-likeness (QED) is 0.920. The van der Waals surface area contributed by atoms with Gasteiger partial charge in [-0.05, 0) is 31.5 Å². The van der Waals surface area contributed by atoms with E-state index in [2.05, 4.69) is 25.9 Å². The zero-order valence-corrected chi connectivity index (χ0v) is 12.7. The summed E-state index contributed by atoms with van der Waals surface area (Å²) in [7, 11) is 0. The van der Waals surface area contributed by atoms with Crippen LogP contribution in [0.1, 0.15) is 32.8 Å². The van der Waals surface area contributed by atoms with E-state index in [-0.39, 0.29) is 17.2 Å². The second-order valence-corrected chi connectivity index (χ2v) is 6.30. The van der Waals surface area contributed by atoms with Gasteiger partial charge in [-0.15, -0.1) is 0 Å². The first-order chi connectivity index (χ1) is 9.36. The Hall–Kier alpha value is -1.68. The Morgan fingerprint density at radius 2 is 1.95 bits per heavy atom. The van der Waals surface area contributed by atoms with E-state index in [4.69, 9.17) is 5.73 Å². The molecule has 0 aliphatic carbocycles. The molecule has 1 aromatic rings. The Bertz CT molecular complexity index is 543. The van der Waals surface area contributed by atoms with Crippen molar-refractivity contribution >= 4 is 17.3 Å². The van der Waals surface area contributed by atoms with Crippen LogP contribution in [0.2, 0.25) is 0 Å². The van der Waals surface area contributed by atoms with Crippen molar-refractivity contribution in [2.45, 2.75) is 34.1 Å². The molecule has 1 atom stereocenters. The number of benzene rings is 1. The third-order valence-corrected chi connectivity index (χ3v) is 3.61. The lowest BCUT2D eigenvalue weighted by Gasteiger charge is -2.21. The monoisotopic (exact) mass is 273 g/mol. The molecule has 2 N–H and O–H groups in total. The second kappa shape index (κ2) is 5.37. The van der Waals surface area contributed by atoms with Crippen molar-refractivity contribution in [1.82, 2.24) is 0 Å². The van der Waals surface area contributed by atoms with Crippen LogP contribution < -0.4 is 10.7 Å². The molecule has 0 bridgehead atoms. The number of hydrogen-bond acceptors (Lipinski definition) is 3. The number of hydrogen-bond donors (Lipinski definition) is 1. The van der Waals surface area contributed by atoms with E-state index in [0.29, 0.717) is 13.0 Å². The molecule has 0 radical (unpaired) electrons. The highest BCUT2D eigenvalue weighted by molar-refractivity contribution is 6.17.